The maximum atomic E-state index is 11.3. The Bertz CT molecular complexity index is 748. The summed E-state index contributed by atoms with van der Waals surface area (Å²) in [6, 6.07) is 0. The van der Waals surface area contributed by atoms with Crippen LogP contribution in [0.1, 0.15) is 79.1 Å². The molecule has 2 saturated heterocycles. The van der Waals surface area contributed by atoms with Crippen LogP contribution in [0.3, 0.4) is 0 Å². The Morgan fingerprint density at radius 1 is 0.781 bits per heavy atom. The quantitative estimate of drug-likeness (QED) is 0.526. The third kappa shape index (κ3) is 2.81. The number of ether oxygens (including phenoxy) is 2. The highest BCUT2D eigenvalue weighted by Crippen LogP contribution is 2.71. The zero-order valence-corrected chi connectivity index (χ0v) is 20.4. The van der Waals surface area contributed by atoms with Gasteiger partial charge in [0, 0.05) is 12.3 Å². The molecule has 6 aliphatic rings. The van der Waals surface area contributed by atoms with Crippen molar-refractivity contribution >= 4 is 0 Å². The van der Waals surface area contributed by atoms with Crippen LogP contribution in [0.15, 0.2) is 0 Å². The lowest BCUT2D eigenvalue weighted by molar-refractivity contribution is -0.273. The molecule has 2 aliphatic heterocycles. The van der Waals surface area contributed by atoms with E-state index in [0.29, 0.717) is 48.3 Å². The van der Waals surface area contributed by atoms with Crippen molar-refractivity contribution in [3.8, 4) is 0 Å². The number of hydrogen-bond donors (Lipinski definition) is 3. The lowest BCUT2D eigenvalue weighted by Crippen LogP contribution is -2.61. The van der Waals surface area contributed by atoms with E-state index in [0.717, 1.165) is 25.9 Å². The van der Waals surface area contributed by atoms with Crippen LogP contribution in [0, 0.1) is 52.3 Å². The van der Waals surface area contributed by atoms with Gasteiger partial charge in [-0.05, 0) is 91.3 Å². The molecule has 4 aliphatic carbocycles. The van der Waals surface area contributed by atoms with E-state index in [2.05, 4.69) is 27.7 Å². The molecule has 0 aromatic rings. The molecular formula is C27H44O5. The van der Waals surface area contributed by atoms with E-state index in [1.54, 1.807) is 0 Å². The molecule has 0 aromatic carbocycles. The first kappa shape index (κ1) is 22.3. The molecule has 32 heavy (non-hydrogen) atoms. The summed E-state index contributed by atoms with van der Waals surface area (Å²) in [6.45, 7) is 10.3. The van der Waals surface area contributed by atoms with Crippen LogP contribution in [0.5, 0.6) is 0 Å². The summed E-state index contributed by atoms with van der Waals surface area (Å²) in [6.07, 6.45) is 6.22. The fourth-order valence-electron chi connectivity index (χ4n) is 10.3. The minimum Gasteiger partial charge on any atom is -0.393 e. The highest BCUT2D eigenvalue weighted by Gasteiger charge is 2.70. The Balaban J connectivity index is 1.28. The van der Waals surface area contributed by atoms with E-state index in [1.807, 2.05) is 0 Å². The Kier molecular flexibility index (Phi) is 4.99. The molecule has 182 valence electrons. The van der Waals surface area contributed by atoms with Crippen molar-refractivity contribution in [1.82, 2.24) is 0 Å². The van der Waals surface area contributed by atoms with Gasteiger partial charge in [0.25, 0.3) is 0 Å². The number of hydrogen-bond acceptors (Lipinski definition) is 5. The van der Waals surface area contributed by atoms with Crippen molar-refractivity contribution in [2.75, 3.05) is 6.61 Å². The molecule has 1 unspecified atom stereocenters. The van der Waals surface area contributed by atoms with Crippen LogP contribution in [0.2, 0.25) is 0 Å². The van der Waals surface area contributed by atoms with Gasteiger partial charge in [-0.3, -0.25) is 0 Å². The molecule has 5 nitrogen and oxygen atoms in total. The number of fused-ring (bicyclic) bond motifs is 7. The number of aliphatic hydroxyl groups excluding tert-OH is 3. The van der Waals surface area contributed by atoms with Gasteiger partial charge in [-0.15, -0.1) is 0 Å². The Hall–Kier alpha value is -0.200. The van der Waals surface area contributed by atoms with Crippen LogP contribution < -0.4 is 0 Å². The van der Waals surface area contributed by atoms with Crippen LogP contribution in [0.25, 0.3) is 0 Å². The highest BCUT2D eigenvalue weighted by molar-refractivity contribution is 5.16. The van der Waals surface area contributed by atoms with Gasteiger partial charge in [0.15, 0.2) is 5.79 Å². The normalized spacial score (nSPS) is 64.0. The lowest BCUT2D eigenvalue weighted by atomic mass is 9.43. The summed E-state index contributed by atoms with van der Waals surface area (Å²) < 4.78 is 13.3. The van der Waals surface area contributed by atoms with Crippen molar-refractivity contribution in [3.63, 3.8) is 0 Å². The monoisotopic (exact) mass is 448 g/mol. The summed E-state index contributed by atoms with van der Waals surface area (Å²) in [4.78, 5) is 0. The predicted molar refractivity (Wildman–Crippen MR) is 121 cm³/mol. The molecule has 1 spiro atoms. The predicted octanol–water partition coefficient (Wildman–Crippen LogP) is 3.74. The third-order valence-electron chi connectivity index (χ3n) is 12.0. The first-order valence-corrected chi connectivity index (χ1v) is 13.4. The minimum absolute atomic E-state index is 0.0870. The average Bonchev–Trinajstić information content (AvgIpc) is 3.18. The summed E-state index contributed by atoms with van der Waals surface area (Å²) in [5.41, 5.74) is 0.146. The minimum atomic E-state index is -0.692. The lowest BCUT2D eigenvalue weighted by Gasteiger charge is -2.62. The summed E-state index contributed by atoms with van der Waals surface area (Å²) in [5, 5.41) is 32.1. The van der Waals surface area contributed by atoms with Crippen molar-refractivity contribution < 1.29 is 24.8 Å². The second kappa shape index (κ2) is 7.16. The van der Waals surface area contributed by atoms with E-state index in [9.17, 15) is 15.3 Å². The van der Waals surface area contributed by atoms with Gasteiger partial charge in [-0.2, -0.15) is 0 Å². The summed E-state index contributed by atoms with van der Waals surface area (Å²) in [7, 11) is 0. The van der Waals surface area contributed by atoms with E-state index >= 15 is 0 Å². The standard InChI is InChI=1S/C27H44O5/c1-14-5-8-27(31-13-14)15(2)24-23(32-27)11-18-16-9-20(28)19-10-21(29)22(30)12-26(19,4)17(16)6-7-25(18,24)3/h14-24,28-30H,5-13H2,1-4H3/t14-,15+,16-,17+,18+,19?,20-,21-,22+,23+,24+,25+,26-,27-/m1/s1. The van der Waals surface area contributed by atoms with Crippen molar-refractivity contribution in [2.45, 2.75) is 109 Å². The molecule has 14 atom stereocenters. The fraction of sp³-hybridized carbons (Fsp3) is 1.00. The zero-order chi connectivity index (χ0) is 22.6. The number of rotatable bonds is 0. The van der Waals surface area contributed by atoms with Crippen molar-refractivity contribution in [3.05, 3.63) is 0 Å². The SMILES string of the molecule is C[C@@H]1CC[C@@]2(OC1)O[C@H]1C[C@H]3[C@@H]4C[C@@H](O)C5C[C@@H](O)[C@@H](O)C[C@]5(C)[C@H]4CC[C@]3(C)[C@H]1[C@@H]2C. The molecular weight excluding hydrogens is 404 g/mol. The van der Waals surface area contributed by atoms with Gasteiger partial charge in [-0.1, -0.05) is 27.7 Å². The van der Waals surface area contributed by atoms with Gasteiger partial charge in [0.2, 0.25) is 0 Å². The van der Waals surface area contributed by atoms with Gasteiger partial charge >= 0.3 is 0 Å². The average molecular weight is 449 g/mol. The topological polar surface area (TPSA) is 79.2 Å². The van der Waals surface area contributed by atoms with Crippen molar-refractivity contribution in [2.24, 2.45) is 52.3 Å². The second-order valence-corrected chi connectivity index (χ2v) is 13.4. The van der Waals surface area contributed by atoms with Crippen LogP contribution in [-0.4, -0.2) is 52.1 Å². The summed E-state index contributed by atoms with van der Waals surface area (Å²) in [5.74, 6) is 2.86. The maximum Gasteiger partial charge on any atom is 0.171 e. The van der Waals surface area contributed by atoms with Gasteiger partial charge in [-0.25, -0.2) is 0 Å². The van der Waals surface area contributed by atoms with E-state index in [-0.39, 0.29) is 34.7 Å². The molecule has 2 heterocycles. The fourth-order valence-corrected chi connectivity index (χ4v) is 10.3. The Morgan fingerprint density at radius 3 is 2.28 bits per heavy atom. The smallest absolute Gasteiger partial charge is 0.171 e. The van der Waals surface area contributed by atoms with Gasteiger partial charge < -0.3 is 24.8 Å². The Morgan fingerprint density at radius 2 is 1.56 bits per heavy atom. The van der Waals surface area contributed by atoms with E-state index < -0.39 is 12.2 Å². The molecule has 0 amide bonds. The molecule has 0 bridgehead atoms. The van der Waals surface area contributed by atoms with E-state index in [4.69, 9.17) is 9.47 Å². The number of aliphatic hydroxyl groups is 3. The molecule has 0 radical (unpaired) electrons. The van der Waals surface area contributed by atoms with E-state index in [1.165, 1.54) is 19.3 Å². The van der Waals surface area contributed by atoms with Crippen LogP contribution >= 0.6 is 0 Å². The largest absolute Gasteiger partial charge is 0.393 e. The molecule has 4 saturated carbocycles. The maximum absolute atomic E-state index is 11.3. The third-order valence-corrected chi connectivity index (χ3v) is 12.0. The molecule has 3 N–H and O–H groups in total. The van der Waals surface area contributed by atoms with Crippen LogP contribution in [-0.2, 0) is 9.47 Å². The summed E-state index contributed by atoms with van der Waals surface area (Å²) >= 11 is 0. The molecule has 0 aromatic heterocycles. The molecule has 5 heteroatoms. The van der Waals surface area contributed by atoms with Crippen LogP contribution in [0.4, 0.5) is 0 Å². The molecule has 6 fully saturated rings. The Labute approximate surface area is 193 Å². The highest BCUT2D eigenvalue weighted by atomic mass is 16.7. The van der Waals surface area contributed by atoms with Gasteiger partial charge in [0.1, 0.15) is 0 Å². The zero-order valence-electron chi connectivity index (χ0n) is 20.4. The first-order chi connectivity index (χ1) is 15.1. The van der Waals surface area contributed by atoms with Gasteiger partial charge in [0.05, 0.1) is 31.0 Å². The second-order valence-electron chi connectivity index (χ2n) is 13.4. The molecule has 6 rings (SSSR count). The van der Waals surface area contributed by atoms with Crippen molar-refractivity contribution in [1.29, 1.82) is 0 Å². The first-order valence-electron chi connectivity index (χ1n) is 13.4.